The first-order valence-electron chi connectivity index (χ1n) is 5.91. The Balaban J connectivity index is 2.18. The molecule has 0 saturated carbocycles. The number of ether oxygens (including phenoxy) is 1. The second-order valence-corrected chi connectivity index (χ2v) is 4.16. The summed E-state index contributed by atoms with van der Waals surface area (Å²) in [6.45, 7) is 1.66. The van der Waals surface area contributed by atoms with Crippen LogP contribution >= 0.6 is 0 Å². The van der Waals surface area contributed by atoms with Crippen molar-refractivity contribution in [1.29, 1.82) is 0 Å². The second-order valence-electron chi connectivity index (χ2n) is 4.16. The normalized spacial score (nSPS) is 12.0. The highest BCUT2D eigenvalue weighted by Gasteiger charge is 2.17. The van der Waals surface area contributed by atoms with Crippen LogP contribution in [0.15, 0.2) is 34.7 Å². The number of hydrogen-bond acceptors (Lipinski definition) is 4. The van der Waals surface area contributed by atoms with Crippen LogP contribution in [-0.4, -0.2) is 13.1 Å². The molecule has 20 heavy (non-hydrogen) atoms. The minimum Gasteiger partial charge on any atom is -0.463 e. The molecule has 1 unspecified atom stereocenters. The highest BCUT2D eigenvalue weighted by atomic mass is 19.1. The lowest BCUT2D eigenvalue weighted by Gasteiger charge is -2.14. The Kier molecular flexibility index (Phi) is 4.02. The highest BCUT2D eigenvalue weighted by Crippen LogP contribution is 2.25. The molecular weight excluding hydrogens is 268 g/mol. The van der Waals surface area contributed by atoms with Crippen molar-refractivity contribution < 1.29 is 22.7 Å². The van der Waals surface area contributed by atoms with Gasteiger partial charge in [0.2, 0.25) is 5.76 Å². The van der Waals surface area contributed by atoms with Crippen molar-refractivity contribution >= 4 is 11.7 Å². The van der Waals surface area contributed by atoms with Crippen molar-refractivity contribution in [3.8, 4) is 0 Å². The van der Waals surface area contributed by atoms with E-state index in [9.17, 15) is 13.6 Å². The van der Waals surface area contributed by atoms with Gasteiger partial charge in [0, 0.05) is 0 Å². The smallest absolute Gasteiger partial charge is 0.373 e. The monoisotopic (exact) mass is 281 g/mol. The summed E-state index contributed by atoms with van der Waals surface area (Å²) < 4.78 is 36.8. The number of para-hydroxylation sites is 1. The van der Waals surface area contributed by atoms with E-state index in [2.05, 4.69) is 10.1 Å². The van der Waals surface area contributed by atoms with Crippen molar-refractivity contribution in [2.75, 3.05) is 12.4 Å². The van der Waals surface area contributed by atoms with E-state index in [1.807, 2.05) is 0 Å². The second kappa shape index (κ2) is 5.73. The number of esters is 1. The van der Waals surface area contributed by atoms with Gasteiger partial charge in [0.15, 0.2) is 0 Å². The first-order valence-corrected chi connectivity index (χ1v) is 5.91. The Bertz CT molecular complexity index is 604. The van der Waals surface area contributed by atoms with Crippen LogP contribution < -0.4 is 5.32 Å². The van der Waals surface area contributed by atoms with Gasteiger partial charge in [-0.05, 0) is 31.2 Å². The zero-order valence-electron chi connectivity index (χ0n) is 10.9. The van der Waals surface area contributed by atoms with E-state index < -0.39 is 23.6 Å². The number of furan rings is 1. The molecule has 0 amide bonds. The van der Waals surface area contributed by atoms with E-state index in [0.29, 0.717) is 5.76 Å². The maximum absolute atomic E-state index is 13.5. The molecule has 0 radical (unpaired) electrons. The summed E-state index contributed by atoms with van der Waals surface area (Å²) in [4.78, 5) is 11.3. The summed E-state index contributed by atoms with van der Waals surface area (Å²) in [7, 11) is 1.24. The maximum Gasteiger partial charge on any atom is 0.373 e. The van der Waals surface area contributed by atoms with Crippen LogP contribution in [0.2, 0.25) is 0 Å². The zero-order chi connectivity index (χ0) is 14.7. The minimum atomic E-state index is -0.698. The van der Waals surface area contributed by atoms with Gasteiger partial charge < -0.3 is 14.5 Å². The number of benzene rings is 1. The van der Waals surface area contributed by atoms with Gasteiger partial charge in [0.25, 0.3) is 0 Å². The van der Waals surface area contributed by atoms with E-state index in [-0.39, 0.29) is 11.4 Å². The van der Waals surface area contributed by atoms with Crippen molar-refractivity contribution in [3.05, 3.63) is 53.5 Å². The molecule has 0 saturated heterocycles. The van der Waals surface area contributed by atoms with Gasteiger partial charge in [0.05, 0.1) is 13.2 Å². The van der Waals surface area contributed by atoms with E-state index in [4.69, 9.17) is 4.42 Å². The molecule has 0 aliphatic rings. The van der Waals surface area contributed by atoms with Gasteiger partial charge in [-0.25, -0.2) is 13.6 Å². The van der Waals surface area contributed by atoms with Crippen LogP contribution in [0, 0.1) is 11.6 Å². The predicted molar refractivity (Wildman–Crippen MR) is 68.4 cm³/mol. The average molecular weight is 281 g/mol. The lowest BCUT2D eigenvalue weighted by atomic mass is 10.2. The molecule has 106 valence electrons. The predicted octanol–water partition coefficient (Wildman–Crippen LogP) is 3.52. The van der Waals surface area contributed by atoms with Crippen LogP contribution in [0.25, 0.3) is 0 Å². The van der Waals surface area contributed by atoms with Crippen LogP contribution in [0.1, 0.15) is 29.3 Å². The molecule has 6 heteroatoms. The number of carbonyl (C=O) groups is 1. The Morgan fingerprint density at radius 1 is 1.25 bits per heavy atom. The molecule has 1 atom stereocenters. The van der Waals surface area contributed by atoms with Crippen molar-refractivity contribution in [2.24, 2.45) is 0 Å². The summed E-state index contributed by atoms with van der Waals surface area (Å²) >= 11 is 0. The van der Waals surface area contributed by atoms with E-state index in [0.717, 1.165) is 12.1 Å². The summed E-state index contributed by atoms with van der Waals surface area (Å²) in [5.41, 5.74) is -0.240. The van der Waals surface area contributed by atoms with Crippen LogP contribution in [0.5, 0.6) is 0 Å². The third-order valence-corrected chi connectivity index (χ3v) is 2.76. The summed E-state index contributed by atoms with van der Waals surface area (Å²) in [5.74, 6) is -1.60. The third-order valence-electron chi connectivity index (χ3n) is 2.76. The molecule has 2 rings (SSSR count). The van der Waals surface area contributed by atoms with E-state index >= 15 is 0 Å². The fourth-order valence-corrected chi connectivity index (χ4v) is 1.72. The van der Waals surface area contributed by atoms with Crippen LogP contribution in [0.4, 0.5) is 14.5 Å². The van der Waals surface area contributed by atoms with Crippen LogP contribution in [-0.2, 0) is 4.74 Å². The number of rotatable bonds is 4. The number of anilines is 1. The Morgan fingerprint density at radius 3 is 2.50 bits per heavy atom. The van der Waals surface area contributed by atoms with Crippen molar-refractivity contribution in [3.63, 3.8) is 0 Å². The molecule has 1 N–H and O–H groups in total. The quantitative estimate of drug-likeness (QED) is 0.871. The number of carbonyl (C=O) groups excluding carboxylic acids is 1. The fourth-order valence-electron chi connectivity index (χ4n) is 1.72. The molecule has 1 aromatic carbocycles. The SMILES string of the molecule is COC(=O)c1ccc(C(C)Nc2c(F)cccc2F)o1. The van der Waals surface area contributed by atoms with E-state index in [1.54, 1.807) is 13.0 Å². The van der Waals surface area contributed by atoms with E-state index in [1.165, 1.54) is 19.2 Å². The lowest BCUT2D eigenvalue weighted by Crippen LogP contribution is -2.09. The Hall–Kier alpha value is -2.37. The minimum absolute atomic E-state index is 0.0326. The highest BCUT2D eigenvalue weighted by molar-refractivity contribution is 5.86. The summed E-state index contributed by atoms with van der Waals surface area (Å²) in [6.07, 6.45) is 0. The van der Waals surface area contributed by atoms with Crippen molar-refractivity contribution in [1.82, 2.24) is 0 Å². The molecule has 4 nitrogen and oxygen atoms in total. The zero-order valence-corrected chi connectivity index (χ0v) is 10.9. The third kappa shape index (κ3) is 2.79. The molecule has 2 aromatic rings. The standard InChI is InChI=1S/C14H13F2NO3/c1-8(11-6-7-12(20-11)14(18)19-2)17-13-9(15)4-3-5-10(13)16/h3-8,17H,1-2H3. The van der Waals surface area contributed by atoms with Gasteiger partial charge in [-0.2, -0.15) is 0 Å². The number of nitrogens with one attached hydrogen (secondary N) is 1. The van der Waals surface area contributed by atoms with Crippen molar-refractivity contribution in [2.45, 2.75) is 13.0 Å². The first-order chi connectivity index (χ1) is 9.52. The molecule has 1 heterocycles. The summed E-state index contributed by atoms with van der Waals surface area (Å²) in [6, 6.07) is 6.06. The molecule has 0 bridgehead atoms. The molecular formula is C14H13F2NO3. The lowest BCUT2D eigenvalue weighted by molar-refractivity contribution is 0.0562. The van der Waals surface area contributed by atoms with Gasteiger partial charge in [-0.3, -0.25) is 0 Å². The van der Waals surface area contributed by atoms with Gasteiger partial charge >= 0.3 is 5.97 Å². The topological polar surface area (TPSA) is 51.5 Å². The molecule has 0 aliphatic heterocycles. The number of halogens is 2. The first kappa shape index (κ1) is 14.0. The van der Waals surface area contributed by atoms with Gasteiger partial charge in [-0.15, -0.1) is 0 Å². The summed E-state index contributed by atoms with van der Waals surface area (Å²) in [5, 5.41) is 2.67. The Labute approximate surface area is 114 Å². The van der Waals surface area contributed by atoms with Crippen LogP contribution in [0.3, 0.4) is 0 Å². The number of methoxy groups -OCH3 is 1. The molecule has 0 spiro atoms. The number of hydrogen-bond donors (Lipinski definition) is 1. The largest absolute Gasteiger partial charge is 0.463 e. The fraction of sp³-hybridized carbons (Fsp3) is 0.214. The molecule has 1 aromatic heterocycles. The van der Waals surface area contributed by atoms with Gasteiger partial charge in [-0.1, -0.05) is 6.07 Å². The molecule has 0 aliphatic carbocycles. The Morgan fingerprint density at radius 2 is 1.90 bits per heavy atom. The maximum atomic E-state index is 13.5. The average Bonchev–Trinajstić information content (AvgIpc) is 2.92. The molecule has 0 fully saturated rings. The van der Waals surface area contributed by atoms with Gasteiger partial charge in [0.1, 0.15) is 23.1 Å².